The summed E-state index contributed by atoms with van der Waals surface area (Å²) in [6.07, 6.45) is 3.86. The molecule has 0 spiro atoms. The van der Waals surface area contributed by atoms with Gasteiger partial charge in [-0.1, -0.05) is 26.0 Å². The summed E-state index contributed by atoms with van der Waals surface area (Å²) < 4.78 is 0. The summed E-state index contributed by atoms with van der Waals surface area (Å²) in [5.41, 5.74) is 1.99. The van der Waals surface area contributed by atoms with Gasteiger partial charge in [-0.3, -0.25) is 9.79 Å². The topological polar surface area (TPSA) is 56.7 Å². The molecule has 1 aliphatic rings. The van der Waals surface area contributed by atoms with Crippen LogP contribution in [0.2, 0.25) is 0 Å². The molecule has 0 radical (unpaired) electrons. The molecule has 5 heteroatoms. The zero-order chi connectivity index (χ0) is 17.4. The van der Waals surface area contributed by atoms with Crippen molar-refractivity contribution in [2.75, 3.05) is 25.5 Å². The Morgan fingerprint density at radius 1 is 1.33 bits per heavy atom. The first-order valence-electron chi connectivity index (χ1n) is 8.96. The largest absolute Gasteiger partial charge is 0.352 e. The minimum atomic E-state index is 0.0702. The van der Waals surface area contributed by atoms with Crippen molar-refractivity contribution in [1.29, 1.82) is 0 Å². The Kier molecular flexibility index (Phi) is 7.09. The van der Waals surface area contributed by atoms with Crippen LogP contribution in [0.4, 0.5) is 5.69 Å². The van der Waals surface area contributed by atoms with Gasteiger partial charge in [-0.15, -0.1) is 0 Å². The summed E-state index contributed by atoms with van der Waals surface area (Å²) in [6, 6.07) is 7.99. The lowest BCUT2D eigenvalue weighted by Crippen LogP contribution is -2.45. The summed E-state index contributed by atoms with van der Waals surface area (Å²) in [7, 11) is 1.84. The number of piperidine rings is 1. The van der Waals surface area contributed by atoms with Crippen molar-refractivity contribution in [3.63, 3.8) is 0 Å². The molecule has 1 fully saturated rings. The fourth-order valence-corrected chi connectivity index (χ4v) is 2.94. The van der Waals surface area contributed by atoms with Gasteiger partial charge in [-0.2, -0.15) is 0 Å². The number of hydrogen-bond donors (Lipinski definition) is 2. The van der Waals surface area contributed by atoms with Crippen molar-refractivity contribution in [3.05, 3.63) is 29.8 Å². The predicted octanol–water partition coefficient (Wildman–Crippen LogP) is 3.23. The number of nitrogens with zero attached hydrogens (tertiary/aromatic N) is 2. The fourth-order valence-electron chi connectivity index (χ4n) is 2.94. The zero-order valence-corrected chi connectivity index (χ0v) is 15.1. The maximum atomic E-state index is 11.7. The Morgan fingerprint density at radius 3 is 2.75 bits per heavy atom. The van der Waals surface area contributed by atoms with Gasteiger partial charge in [0.05, 0.1) is 0 Å². The van der Waals surface area contributed by atoms with Gasteiger partial charge in [0.15, 0.2) is 5.96 Å². The van der Waals surface area contributed by atoms with Gasteiger partial charge in [0.1, 0.15) is 0 Å². The number of guanidine groups is 1. The van der Waals surface area contributed by atoms with Crippen molar-refractivity contribution in [2.45, 2.75) is 46.1 Å². The number of nitrogens with one attached hydrogen (secondary N) is 2. The van der Waals surface area contributed by atoms with E-state index in [9.17, 15) is 4.79 Å². The van der Waals surface area contributed by atoms with E-state index >= 15 is 0 Å². The van der Waals surface area contributed by atoms with E-state index < -0.39 is 0 Å². The zero-order valence-electron chi connectivity index (χ0n) is 15.1. The highest BCUT2D eigenvalue weighted by molar-refractivity contribution is 5.90. The lowest BCUT2D eigenvalue weighted by atomic mass is 9.99. The molecule has 24 heavy (non-hydrogen) atoms. The van der Waals surface area contributed by atoms with Crippen LogP contribution in [0.5, 0.6) is 0 Å². The van der Waals surface area contributed by atoms with Gasteiger partial charge in [0, 0.05) is 38.8 Å². The smallest absolute Gasteiger partial charge is 0.224 e. The lowest BCUT2D eigenvalue weighted by Gasteiger charge is -2.33. The van der Waals surface area contributed by atoms with Crippen LogP contribution in [0.1, 0.15) is 45.1 Å². The van der Waals surface area contributed by atoms with Gasteiger partial charge < -0.3 is 15.5 Å². The summed E-state index contributed by atoms with van der Waals surface area (Å²) in [5, 5.41) is 6.38. The van der Waals surface area contributed by atoms with E-state index in [1.165, 1.54) is 12.8 Å². The SMILES string of the molecule is CCCC(=O)Nc1cccc(CNC(=NC)N2CCC(C)CC2)c1. The molecule has 2 rings (SSSR count). The first kappa shape index (κ1) is 18.3. The second kappa shape index (κ2) is 9.30. The second-order valence-electron chi connectivity index (χ2n) is 6.57. The van der Waals surface area contributed by atoms with Crippen LogP contribution in [-0.2, 0) is 11.3 Å². The number of benzene rings is 1. The van der Waals surface area contributed by atoms with Crippen molar-refractivity contribution >= 4 is 17.6 Å². The molecule has 2 N–H and O–H groups in total. The quantitative estimate of drug-likeness (QED) is 0.644. The number of carbonyl (C=O) groups excluding carboxylic acids is 1. The van der Waals surface area contributed by atoms with Gasteiger partial charge in [0.25, 0.3) is 0 Å². The van der Waals surface area contributed by atoms with Crippen LogP contribution in [0.3, 0.4) is 0 Å². The highest BCUT2D eigenvalue weighted by Crippen LogP contribution is 2.16. The molecule has 1 aromatic carbocycles. The molecule has 0 aromatic heterocycles. The van der Waals surface area contributed by atoms with Crippen LogP contribution in [0.25, 0.3) is 0 Å². The molecule has 5 nitrogen and oxygen atoms in total. The third-order valence-corrected chi connectivity index (χ3v) is 4.43. The average Bonchev–Trinajstić information content (AvgIpc) is 2.57. The van der Waals surface area contributed by atoms with Crippen LogP contribution in [0.15, 0.2) is 29.3 Å². The third kappa shape index (κ3) is 5.55. The number of carbonyl (C=O) groups is 1. The van der Waals surface area contributed by atoms with E-state index in [1.807, 2.05) is 32.2 Å². The van der Waals surface area contributed by atoms with Crippen molar-refractivity contribution in [1.82, 2.24) is 10.2 Å². The van der Waals surface area contributed by atoms with Crippen molar-refractivity contribution < 1.29 is 4.79 Å². The van der Waals surface area contributed by atoms with Crippen LogP contribution < -0.4 is 10.6 Å². The highest BCUT2D eigenvalue weighted by Gasteiger charge is 2.18. The summed E-state index contributed by atoms with van der Waals surface area (Å²) in [6.45, 7) is 7.15. The monoisotopic (exact) mass is 330 g/mol. The van der Waals surface area contributed by atoms with Crippen molar-refractivity contribution in [3.8, 4) is 0 Å². The van der Waals surface area contributed by atoms with E-state index in [0.717, 1.165) is 42.6 Å². The molecule has 0 atom stereocenters. The molecule has 0 saturated carbocycles. The van der Waals surface area contributed by atoms with E-state index in [-0.39, 0.29) is 5.91 Å². The molecular weight excluding hydrogens is 300 g/mol. The molecule has 0 aliphatic carbocycles. The second-order valence-corrected chi connectivity index (χ2v) is 6.57. The molecule has 1 heterocycles. The molecule has 132 valence electrons. The number of rotatable bonds is 5. The van der Waals surface area contributed by atoms with Gasteiger partial charge in [-0.05, 0) is 42.9 Å². The lowest BCUT2D eigenvalue weighted by molar-refractivity contribution is -0.116. The Bertz CT molecular complexity index is 562. The van der Waals surface area contributed by atoms with E-state index in [1.54, 1.807) is 0 Å². The maximum absolute atomic E-state index is 11.7. The van der Waals surface area contributed by atoms with E-state index in [2.05, 4.69) is 33.5 Å². The third-order valence-electron chi connectivity index (χ3n) is 4.43. The van der Waals surface area contributed by atoms with E-state index in [0.29, 0.717) is 13.0 Å². The molecular formula is C19H30N4O. The molecule has 0 unspecified atom stereocenters. The van der Waals surface area contributed by atoms with Gasteiger partial charge >= 0.3 is 0 Å². The number of aliphatic imine (C=N–C) groups is 1. The minimum absolute atomic E-state index is 0.0702. The first-order valence-corrected chi connectivity index (χ1v) is 8.96. The number of hydrogen-bond acceptors (Lipinski definition) is 2. The van der Waals surface area contributed by atoms with E-state index in [4.69, 9.17) is 0 Å². The molecule has 1 aliphatic heterocycles. The molecule has 0 bridgehead atoms. The van der Waals surface area contributed by atoms with Crippen LogP contribution in [0, 0.1) is 5.92 Å². The average molecular weight is 330 g/mol. The Labute approximate surface area is 145 Å². The van der Waals surface area contributed by atoms with Crippen LogP contribution in [-0.4, -0.2) is 36.9 Å². The molecule has 1 aromatic rings. The summed E-state index contributed by atoms with van der Waals surface area (Å²) in [4.78, 5) is 18.5. The standard InChI is InChI=1S/C19H30N4O/c1-4-6-18(24)22-17-8-5-7-16(13-17)14-21-19(20-3)23-11-9-15(2)10-12-23/h5,7-8,13,15H,4,6,9-12,14H2,1-3H3,(H,20,21)(H,22,24). The summed E-state index contributed by atoms with van der Waals surface area (Å²) >= 11 is 0. The Hall–Kier alpha value is -2.04. The van der Waals surface area contributed by atoms with Gasteiger partial charge in [0.2, 0.25) is 5.91 Å². The maximum Gasteiger partial charge on any atom is 0.224 e. The Balaban J connectivity index is 1.89. The fraction of sp³-hybridized carbons (Fsp3) is 0.579. The first-order chi connectivity index (χ1) is 11.6. The molecule has 1 saturated heterocycles. The van der Waals surface area contributed by atoms with Crippen LogP contribution >= 0.6 is 0 Å². The Morgan fingerprint density at radius 2 is 2.08 bits per heavy atom. The van der Waals surface area contributed by atoms with Gasteiger partial charge in [-0.25, -0.2) is 0 Å². The predicted molar refractivity (Wildman–Crippen MR) is 100 cm³/mol. The number of likely N-dealkylation sites (tertiary alicyclic amines) is 1. The van der Waals surface area contributed by atoms with Crippen molar-refractivity contribution in [2.24, 2.45) is 10.9 Å². The highest BCUT2D eigenvalue weighted by atomic mass is 16.1. The molecule has 1 amide bonds. The minimum Gasteiger partial charge on any atom is -0.352 e. The normalized spacial score (nSPS) is 16.1. The number of anilines is 1. The summed E-state index contributed by atoms with van der Waals surface area (Å²) in [5.74, 6) is 1.84. The number of amides is 1.